The lowest BCUT2D eigenvalue weighted by Gasteiger charge is -2.12. The van der Waals surface area contributed by atoms with Crippen molar-refractivity contribution in [3.05, 3.63) is 64.5 Å². The number of nitro benzene ring substituents is 1. The third-order valence-electron chi connectivity index (χ3n) is 3.86. The molecule has 3 N–H and O–H groups in total. The van der Waals surface area contributed by atoms with Gasteiger partial charge in [-0.2, -0.15) is 4.98 Å². The standard InChI is InChI=1S/C18H18N6O3/c1-12-14(3-2-4-16(12)24(26)27)21-17-11-15(13-5-7-19-8-6-13)22-18(23-17)20-9-10-25/h2-8,11,25H,9-10H2,1H3,(H2,20,21,22,23). The first-order chi connectivity index (χ1) is 13.1. The number of anilines is 3. The van der Waals surface area contributed by atoms with Crippen LogP contribution in [0.1, 0.15) is 5.56 Å². The Hall–Kier alpha value is -3.59. The number of nitrogens with one attached hydrogen (secondary N) is 2. The highest BCUT2D eigenvalue weighted by molar-refractivity contribution is 5.70. The molecule has 0 unspecified atom stereocenters. The number of rotatable bonds is 7. The van der Waals surface area contributed by atoms with Crippen LogP contribution < -0.4 is 10.6 Å². The molecule has 0 saturated heterocycles. The number of nitro groups is 1. The predicted octanol–water partition coefficient (Wildman–Crippen LogP) is 2.90. The van der Waals surface area contributed by atoms with Crippen molar-refractivity contribution in [2.75, 3.05) is 23.8 Å². The molecule has 2 aromatic heterocycles. The Bertz CT molecular complexity index is 949. The molecule has 9 heteroatoms. The average Bonchev–Trinajstić information content (AvgIpc) is 2.68. The van der Waals surface area contributed by atoms with E-state index in [4.69, 9.17) is 5.11 Å². The minimum absolute atomic E-state index is 0.0297. The van der Waals surface area contributed by atoms with Crippen molar-refractivity contribution in [2.24, 2.45) is 0 Å². The number of aliphatic hydroxyl groups is 1. The van der Waals surface area contributed by atoms with Gasteiger partial charge >= 0.3 is 0 Å². The number of hydrogen-bond donors (Lipinski definition) is 3. The summed E-state index contributed by atoms with van der Waals surface area (Å²) in [6.07, 6.45) is 3.33. The topological polar surface area (TPSA) is 126 Å². The Morgan fingerprint density at radius 2 is 1.96 bits per heavy atom. The minimum atomic E-state index is -0.420. The third-order valence-corrected chi connectivity index (χ3v) is 3.86. The molecule has 1 aromatic carbocycles. The van der Waals surface area contributed by atoms with Crippen LogP contribution in [0.15, 0.2) is 48.8 Å². The summed E-state index contributed by atoms with van der Waals surface area (Å²) in [6, 6.07) is 10.2. The summed E-state index contributed by atoms with van der Waals surface area (Å²) in [5.74, 6) is 0.810. The lowest BCUT2D eigenvalue weighted by Crippen LogP contribution is -2.10. The number of aromatic nitrogens is 3. The molecule has 2 heterocycles. The van der Waals surface area contributed by atoms with Crippen molar-refractivity contribution in [1.82, 2.24) is 15.0 Å². The molecule has 138 valence electrons. The van der Waals surface area contributed by atoms with Crippen molar-refractivity contribution >= 4 is 23.1 Å². The Kier molecular flexibility index (Phi) is 5.53. The van der Waals surface area contributed by atoms with E-state index >= 15 is 0 Å². The molecule has 0 aliphatic rings. The molecule has 0 atom stereocenters. The van der Waals surface area contributed by atoms with Gasteiger partial charge in [-0.1, -0.05) is 6.07 Å². The maximum Gasteiger partial charge on any atom is 0.274 e. The van der Waals surface area contributed by atoms with Gasteiger partial charge < -0.3 is 15.7 Å². The molecule has 0 radical (unpaired) electrons. The number of pyridine rings is 1. The highest BCUT2D eigenvalue weighted by Crippen LogP contribution is 2.29. The van der Waals surface area contributed by atoms with Crippen LogP contribution in [-0.4, -0.2) is 38.1 Å². The fraction of sp³-hybridized carbons (Fsp3) is 0.167. The summed E-state index contributed by atoms with van der Waals surface area (Å²) in [7, 11) is 0. The molecule has 9 nitrogen and oxygen atoms in total. The molecule has 0 aliphatic heterocycles. The lowest BCUT2D eigenvalue weighted by molar-refractivity contribution is -0.385. The van der Waals surface area contributed by atoms with Crippen LogP contribution in [-0.2, 0) is 0 Å². The molecule has 3 rings (SSSR count). The summed E-state index contributed by atoms with van der Waals surface area (Å²) in [5.41, 5.74) is 2.62. The van der Waals surface area contributed by atoms with Crippen molar-refractivity contribution in [1.29, 1.82) is 0 Å². The first-order valence-corrected chi connectivity index (χ1v) is 8.23. The van der Waals surface area contributed by atoms with Gasteiger partial charge in [-0.25, -0.2) is 4.98 Å². The molecular weight excluding hydrogens is 348 g/mol. The fourth-order valence-electron chi connectivity index (χ4n) is 2.52. The van der Waals surface area contributed by atoms with Crippen LogP contribution >= 0.6 is 0 Å². The largest absolute Gasteiger partial charge is 0.395 e. The van der Waals surface area contributed by atoms with E-state index in [1.165, 1.54) is 6.07 Å². The van der Waals surface area contributed by atoms with Crippen LogP contribution in [0.5, 0.6) is 0 Å². The van der Waals surface area contributed by atoms with Gasteiger partial charge in [0.2, 0.25) is 5.95 Å². The van der Waals surface area contributed by atoms with Gasteiger partial charge in [0.15, 0.2) is 0 Å². The van der Waals surface area contributed by atoms with Gasteiger partial charge in [-0.05, 0) is 25.1 Å². The lowest BCUT2D eigenvalue weighted by atomic mass is 10.1. The summed E-state index contributed by atoms with van der Waals surface area (Å²) >= 11 is 0. The van der Waals surface area contributed by atoms with E-state index in [0.717, 1.165) is 5.56 Å². The smallest absolute Gasteiger partial charge is 0.274 e. The van der Waals surface area contributed by atoms with E-state index in [1.54, 1.807) is 37.5 Å². The van der Waals surface area contributed by atoms with E-state index in [0.29, 0.717) is 35.3 Å². The SMILES string of the molecule is Cc1c(Nc2cc(-c3ccncc3)nc(NCCO)n2)cccc1[N+](=O)[O-]. The van der Waals surface area contributed by atoms with Crippen molar-refractivity contribution in [3.63, 3.8) is 0 Å². The third kappa shape index (κ3) is 4.33. The maximum atomic E-state index is 11.2. The molecule has 0 fully saturated rings. The number of hydrogen-bond acceptors (Lipinski definition) is 8. The first-order valence-electron chi connectivity index (χ1n) is 8.23. The molecule has 0 aliphatic carbocycles. The zero-order valence-corrected chi connectivity index (χ0v) is 14.6. The summed E-state index contributed by atoms with van der Waals surface area (Å²) in [6.45, 7) is 1.92. The van der Waals surface area contributed by atoms with Crippen LogP contribution in [0.2, 0.25) is 0 Å². The van der Waals surface area contributed by atoms with Gasteiger partial charge in [-0.3, -0.25) is 15.1 Å². The van der Waals surface area contributed by atoms with Crippen LogP contribution in [0.4, 0.5) is 23.1 Å². The van der Waals surface area contributed by atoms with Gasteiger partial charge in [-0.15, -0.1) is 0 Å². The van der Waals surface area contributed by atoms with Crippen molar-refractivity contribution in [2.45, 2.75) is 6.92 Å². The number of aliphatic hydroxyl groups excluding tert-OH is 1. The Morgan fingerprint density at radius 3 is 2.67 bits per heavy atom. The van der Waals surface area contributed by atoms with Gasteiger partial charge in [0.25, 0.3) is 5.69 Å². The molecule has 27 heavy (non-hydrogen) atoms. The normalized spacial score (nSPS) is 10.4. The summed E-state index contributed by atoms with van der Waals surface area (Å²) < 4.78 is 0. The van der Waals surface area contributed by atoms with E-state index < -0.39 is 4.92 Å². The number of benzene rings is 1. The second-order valence-electron chi connectivity index (χ2n) is 5.68. The molecule has 0 bridgehead atoms. The molecule has 0 spiro atoms. The molecular formula is C18H18N6O3. The Labute approximate surface area is 155 Å². The fourth-order valence-corrected chi connectivity index (χ4v) is 2.52. The van der Waals surface area contributed by atoms with E-state index in [1.807, 2.05) is 12.1 Å². The van der Waals surface area contributed by atoms with Gasteiger partial charge in [0, 0.05) is 42.3 Å². The highest BCUT2D eigenvalue weighted by Gasteiger charge is 2.14. The van der Waals surface area contributed by atoms with Crippen molar-refractivity contribution < 1.29 is 10.0 Å². The maximum absolute atomic E-state index is 11.2. The predicted molar refractivity (Wildman–Crippen MR) is 102 cm³/mol. The van der Waals surface area contributed by atoms with Crippen LogP contribution in [0.3, 0.4) is 0 Å². The first kappa shape index (κ1) is 18.2. The Balaban J connectivity index is 1.99. The van der Waals surface area contributed by atoms with Gasteiger partial charge in [0.1, 0.15) is 5.82 Å². The van der Waals surface area contributed by atoms with Crippen LogP contribution in [0, 0.1) is 17.0 Å². The van der Waals surface area contributed by atoms with E-state index in [-0.39, 0.29) is 12.3 Å². The van der Waals surface area contributed by atoms with Crippen LogP contribution in [0.25, 0.3) is 11.3 Å². The monoisotopic (exact) mass is 366 g/mol. The zero-order chi connectivity index (χ0) is 19.2. The van der Waals surface area contributed by atoms with Crippen molar-refractivity contribution in [3.8, 4) is 11.3 Å². The van der Waals surface area contributed by atoms with Gasteiger partial charge in [0.05, 0.1) is 22.8 Å². The summed E-state index contributed by atoms with van der Waals surface area (Å²) in [5, 5.41) is 26.2. The average molecular weight is 366 g/mol. The van der Waals surface area contributed by atoms with E-state index in [2.05, 4.69) is 25.6 Å². The highest BCUT2D eigenvalue weighted by atomic mass is 16.6. The van der Waals surface area contributed by atoms with E-state index in [9.17, 15) is 10.1 Å². The second-order valence-corrected chi connectivity index (χ2v) is 5.68. The zero-order valence-electron chi connectivity index (χ0n) is 14.6. The molecule has 3 aromatic rings. The second kappa shape index (κ2) is 8.19. The quantitative estimate of drug-likeness (QED) is 0.430. The Morgan fingerprint density at radius 1 is 1.19 bits per heavy atom. The molecule has 0 amide bonds. The summed E-state index contributed by atoms with van der Waals surface area (Å²) in [4.78, 5) is 23.5. The minimum Gasteiger partial charge on any atom is -0.395 e. The molecule has 0 saturated carbocycles. The number of nitrogens with zero attached hydrogens (tertiary/aromatic N) is 4.